The van der Waals surface area contributed by atoms with Crippen LogP contribution in [0.1, 0.15) is 41.7 Å². The first kappa shape index (κ1) is 14.6. The SMILES string of the molecule is NCC(OC1CCCc2ccccc21)c1ccc(Cl)cc1. The highest BCUT2D eigenvalue weighted by Crippen LogP contribution is 2.36. The molecule has 1 aliphatic rings. The molecule has 110 valence electrons. The van der Waals surface area contributed by atoms with E-state index in [1.54, 1.807) is 0 Å². The number of hydrogen-bond donors (Lipinski definition) is 1. The third-order valence-electron chi connectivity index (χ3n) is 4.10. The van der Waals surface area contributed by atoms with Gasteiger partial charge in [-0.2, -0.15) is 0 Å². The van der Waals surface area contributed by atoms with E-state index < -0.39 is 0 Å². The summed E-state index contributed by atoms with van der Waals surface area (Å²) in [5, 5.41) is 0.734. The van der Waals surface area contributed by atoms with Gasteiger partial charge in [-0.25, -0.2) is 0 Å². The Bertz CT molecular complexity index is 596. The van der Waals surface area contributed by atoms with Gasteiger partial charge >= 0.3 is 0 Å². The summed E-state index contributed by atoms with van der Waals surface area (Å²) in [4.78, 5) is 0. The molecule has 21 heavy (non-hydrogen) atoms. The number of nitrogens with two attached hydrogens (primary N) is 1. The Morgan fingerprint density at radius 2 is 1.90 bits per heavy atom. The average molecular weight is 302 g/mol. The fourth-order valence-electron chi connectivity index (χ4n) is 3.00. The Morgan fingerprint density at radius 1 is 1.14 bits per heavy atom. The van der Waals surface area contributed by atoms with Crippen LogP contribution in [0, 0.1) is 0 Å². The van der Waals surface area contributed by atoms with E-state index in [2.05, 4.69) is 24.3 Å². The molecule has 3 heteroatoms. The van der Waals surface area contributed by atoms with Gasteiger partial charge in [-0.05, 0) is 48.1 Å². The van der Waals surface area contributed by atoms with Crippen molar-refractivity contribution in [3.8, 4) is 0 Å². The van der Waals surface area contributed by atoms with E-state index in [0.717, 1.165) is 23.4 Å². The first-order chi connectivity index (χ1) is 10.3. The molecule has 0 amide bonds. The van der Waals surface area contributed by atoms with Gasteiger partial charge in [0.25, 0.3) is 0 Å². The molecule has 0 radical (unpaired) electrons. The highest BCUT2D eigenvalue weighted by atomic mass is 35.5. The first-order valence-electron chi connectivity index (χ1n) is 7.46. The lowest BCUT2D eigenvalue weighted by Gasteiger charge is -2.29. The van der Waals surface area contributed by atoms with Crippen molar-refractivity contribution in [3.05, 3.63) is 70.2 Å². The van der Waals surface area contributed by atoms with Gasteiger partial charge in [-0.3, -0.25) is 0 Å². The summed E-state index contributed by atoms with van der Waals surface area (Å²) in [5.74, 6) is 0. The van der Waals surface area contributed by atoms with Crippen LogP contribution in [0.5, 0.6) is 0 Å². The van der Waals surface area contributed by atoms with Crippen molar-refractivity contribution < 1.29 is 4.74 Å². The van der Waals surface area contributed by atoms with Crippen molar-refractivity contribution in [3.63, 3.8) is 0 Å². The van der Waals surface area contributed by atoms with Crippen molar-refractivity contribution in [2.45, 2.75) is 31.5 Å². The van der Waals surface area contributed by atoms with Gasteiger partial charge in [-0.15, -0.1) is 0 Å². The number of aryl methyl sites for hydroxylation is 1. The van der Waals surface area contributed by atoms with Gasteiger partial charge in [0.05, 0.1) is 12.2 Å². The summed E-state index contributed by atoms with van der Waals surface area (Å²) < 4.78 is 6.32. The van der Waals surface area contributed by atoms with Crippen LogP contribution in [-0.2, 0) is 11.2 Å². The van der Waals surface area contributed by atoms with Crippen LogP contribution in [0.25, 0.3) is 0 Å². The van der Waals surface area contributed by atoms with Crippen LogP contribution in [0.3, 0.4) is 0 Å². The van der Waals surface area contributed by atoms with E-state index in [1.807, 2.05) is 24.3 Å². The maximum Gasteiger partial charge on any atom is 0.0955 e. The molecule has 2 N–H and O–H groups in total. The predicted molar refractivity (Wildman–Crippen MR) is 86.5 cm³/mol. The minimum Gasteiger partial charge on any atom is -0.364 e. The van der Waals surface area contributed by atoms with Crippen LogP contribution in [0.4, 0.5) is 0 Å². The molecule has 0 heterocycles. The highest BCUT2D eigenvalue weighted by Gasteiger charge is 2.23. The van der Waals surface area contributed by atoms with Crippen LogP contribution < -0.4 is 5.73 Å². The molecule has 2 aromatic carbocycles. The lowest BCUT2D eigenvalue weighted by atomic mass is 9.89. The van der Waals surface area contributed by atoms with Gasteiger partial charge in [0.15, 0.2) is 0 Å². The zero-order valence-corrected chi connectivity index (χ0v) is 12.7. The molecule has 0 bridgehead atoms. The van der Waals surface area contributed by atoms with E-state index in [9.17, 15) is 0 Å². The number of halogens is 1. The molecule has 2 aromatic rings. The average Bonchev–Trinajstić information content (AvgIpc) is 2.54. The topological polar surface area (TPSA) is 35.2 Å². The van der Waals surface area contributed by atoms with Crippen LogP contribution in [0.2, 0.25) is 5.02 Å². The van der Waals surface area contributed by atoms with Crippen molar-refractivity contribution >= 4 is 11.6 Å². The summed E-state index contributed by atoms with van der Waals surface area (Å²) >= 11 is 5.95. The molecule has 0 aromatic heterocycles. The molecule has 2 atom stereocenters. The van der Waals surface area contributed by atoms with E-state index in [1.165, 1.54) is 17.5 Å². The zero-order chi connectivity index (χ0) is 14.7. The highest BCUT2D eigenvalue weighted by molar-refractivity contribution is 6.30. The lowest BCUT2D eigenvalue weighted by Crippen LogP contribution is -2.21. The Balaban J connectivity index is 1.80. The molecule has 2 unspecified atom stereocenters. The summed E-state index contributed by atoms with van der Waals surface area (Å²) in [5.41, 5.74) is 9.73. The van der Waals surface area contributed by atoms with Crippen LogP contribution in [0.15, 0.2) is 48.5 Å². The second-order valence-corrected chi connectivity index (χ2v) is 5.93. The number of rotatable bonds is 4. The minimum absolute atomic E-state index is 0.0848. The summed E-state index contributed by atoms with van der Waals surface area (Å²) in [6, 6.07) is 16.3. The standard InChI is InChI=1S/C18H20ClNO/c19-15-10-8-14(9-11-15)18(12-20)21-17-7-3-5-13-4-1-2-6-16(13)17/h1-2,4,6,8-11,17-18H,3,5,7,12,20H2. The van der Waals surface area contributed by atoms with Gasteiger partial charge in [0, 0.05) is 11.6 Å². The molecular formula is C18H20ClNO. The summed E-state index contributed by atoms with van der Waals surface area (Å²) in [7, 11) is 0. The monoisotopic (exact) mass is 301 g/mol. The molecule has 0 fully saturated rings. The van der Waals surface area contributed by atoms with Crippen molar-refractivity contribution in [1.29, 1.82) is 0 Å². The Labute approximate surface area is 130 Å². The number of ether oxygens (including phenoxy) is 1. The minimum atomic E-state index is -0.0848. The van der Waals surface area contributed by atoms with Crippen molar-refractivity contribution in [2.24, 2.45) is 5.73 Å². The van der Waals surface area contributed by atoms with Gasteiger partial charge in [0.2, 0.25) is 0 Å². The molecule has 3 rings (SSSR count). The van der Waals surface area contributed by atoms with E-state index in [0.29, 0.717) is 6.54 Å². The third-order valence-corrected chi connectivity index (χ3v) is 4.35. The quantitative estimate of drug-likeness (QED) is 0.906. The van der Waals surface area contributed by atoms with Crippen LogP contribution >= 0.6 is 11.6 Å². The van der Waals surface area contributed by atoms with Gasteiger partial charge < -0.3 is 10.5 Å². The predicted octanol–water partition coefficient (Wildman–Crippen LogP) is 4.43. The van der Waals surface area contributed by atoms with Crippen molar-refractivity contribution in [1.82, 2.24) is 0 Å². The summed E-state index contributed by atoms with van der Waals surface area (Å²) in [6.07, 6.45) is 3.42. The number of hydrogen-bond acceptors (Lipinski definition) is 2. The smallest absolute Gasteiger partial charge is 0.0955 e. The van der Waals surface area contributed by atoms with E-state index in [4.69, 9.17) is 22.1 Å². The maximum absolute atomic E-state index is 6.32. The zero-order valence-electron chi connectivity index (χ0n) is 12.0. The van der Waals surface area contributed by atoms with Crippen molar-refractivity contribution in [2.75, 3.05) is 6.54 Å². The molecule has 0 spiro atoms. The largest absolute Gasteiger partial charge is 0.364 e. The molecule has 0 saturated heterocycles. The molecule has 2 nitrogen and oxygen atoms in total. The molecule has 0 saturated carbocycles. The molecule has 1 aliphatic carbocycles. The second kappa shape index (κ2) is 6.61. The molecular weight excluding hydrogens is 282 g/mol. The third kappa shape index (κ3) is 3.29. The van der Waals surface area contributed by atoms with Crippen LogP contribution in [-0.4, -0.2) is 6.54 Å². The van der Waals surface area contributed by atoms with E-state index >= 15 is 0 Å². The Kier molecular flexibility index (Phi) is 4.59. The second-order valence-electron chi connectivity index (χ2n) is 5.49. The van der Waals surface area contributed by atoms with E-state index in [-0.39, 0.29) is 12.2 Å². The summed E-state index contributed by atoms with van der Waals surface area (Å²) in [6.45, 7) is 0.473. The normalized spacial score (nSPS) is 19.0. The maximum atomic E-state index is 6.32. The van der Waals surface area contributed by atoms with Gasteiger partial charge in [-0.1, -0.05) is 48.0 Å². The molecule has 0 aliphatic heterocycles. The van der Waals surface area contributed by atoms with Gasteiger partial charge in [0.1, 0.15) is 0 Å². The fourth-order valence-corrected chi connectivity index (χ4v) is 3.12. The Hall–Kier alpha value is -1.35. The Morgan fingerprint density at radius 3 is 2.67 bits per heavy atom. The fraction of sp³-hybridized carbons (Fsp3) is 0.333. The lowest BCUT2D eigenvalue weighted by molar-refractivity contribution is -0.0191. The number of fused-ring (bicyclic) bond motifs is 1. The first-order valence-corrected chi connectivity index (χ1v) is 7.84. The number of benzene rings is 2.